The first kappa shape index (κ1) is 4.18. The molecule has 1 aromatic heterocycles. The summed E-state index contributed by atoms with van der Waals surface area (Å²) in [6.07, 6.45) is 1.67. The average molecular weight is 96.1 g/mol. The van der Waals surface area contributed by atoms with Gasteiger partial charge in [0.2, 0.25) is 0 Å². The smallest absolute Gasteiger partial charge is 0.0256 e. The van der Waals surface area contributed by atoms with Crippen molar-refractivity contribution in [1.29, 1.82) is 0 Å². The minimum atomic E-state index is 0.819. The molecule has 0 atom stereocenters. The summed E-state index contributed by atoms with van der Waals surface area (Å²) in [4.78, 5) is 0. The second-order valence-electron chi connectivity index (χ2n) is 1.17. The molecule has 0 spiro atoms. The van der Waals surface area contributed by atoms with E-state index in [2.05, 4.69) is 15.5 Å². The number of hydrogen-bond acceptors (Lipinski definition) is 1. The van der Waals surface area contributed by atoms with Crippen LogP contribution in [-0.2, 0) is 0 Å². The summed E-state index contributed by atoms with van der Waals surface area (Å²) >= 11 is 0. The fourth-order valence-electron chi connectivity index (χ4n) is 0.373. The molecule has 7 heavy (non-hydrogen) atoms. The summed E-state index contributed by atoms with van der Waals surface area (Å²) in [5.74, 6) is 0.819. The standard InChI is InChI=1S/C4H6N3/c1-5-4-2-3-6-7-4/h2-3H,1H3,(H-,5,6,7)/q-1. The molecule has 38 valence electrons. The Morgan fingerprint density at radius 2 is 2.71 bits per heavy atom. The lowest BCUT2D eigenvalue weighted by Crippen LogP contribution is -1.62. The van der Waals surface area contributed by atoms with Crippen LogP contribution >= 0.6 is 0 Å². The van der Waals surface area contributed by atoms with Crippen molar-refractivity contribution in [2.75, 3.05) is 7.05 Å². The number of nitrogens with one attached hydrogen (secondary N) is 1. The number of hydrogen-bond donors (Lipinski definition) is 1. The lowest BCUT2D eigenvalue weighted by Gasteiger charge is -1.97. The van der Waals surface area contributed by atoms with Crippen LogP contribution in [0.4, 0.5) is 5.82 Å². The lowest BCUT2D eigenvalue weighted by atomic mass is 10.6. The molecule has 3 heteroatoms. The van der Waals surface area contributed by atoms with Crippen molar-refractivity contribution in [2.45, 2.75) is 0 Å². The third kappa shape index (κ3) is 0.707. The van der Waals surface area contributed by atoms with Gasteiger partial charge in [0.05, 0.1) is 0 Å². The molecule has 1 aromatic rings. The van der Waals surface area contributed by atoms with E-state index in [1.807, 2.05) is 0 Å². The summed E-state index contributed by atoms with van der Waals surface area (Å²) in [6, 6.07) is 1.81. The summed E-state index contributed by atoms with van der Waals surface area (Å²) in [6.45, 7) is 0. The molecule has 0 radical (unpaired) electrons. The second kappa shape index (κ2) is 1.64. The highest BCUT2D eigenvalue weighted by molar-refractivity contribution is 5.36. The molecule has 0 unspecified atom stereocenters. The van der Waals surface area contributed by atoms with E-state index in [1.165, 1.54) is 0 Å². The molecule has 0 aromatic carbocycles. The lowest BCUT2D eigenvalue weighted by molar-refractivity contribution is 1.10. The Kier molecular flexibility index (Phi) is 0.978. The highest BCUT2D eigenvalue weighted by Gasteiger charge is 1.69. The van der Waals surface area contributed by atoms with Crippen LogP contribution < -0.4 is 0 Å². The Bertz CT molecular complexity index is 121. The summed E-state index contributed by atoms with van der Waals surface area (Å²) < 4.78 is 0. The molecule has 0 fully saturated rings. The van der Waals surface area contributed by atoms with Gasteiger partial charge in [-0.15, -0.1) is 0 Å². The molecule has 0 saturated heterocycles. The maximum atomic E-state index is 3.81. The van der Waals surface area contributed by atoms with Crippen molar-refractivity contribution in [3.63, 3.8) is 0 Å². The molecule has 1 heterocycles. The van der Waals surface area contributed by atoms with Crippen LogP contribution in [0.15, 0.2) is 12.3 Å². The van der Waals surface area contributed by atoms with E-state index in [4.69, 9.17) is 0 Å². The molecule has 0 aliphatic rings. The Hall–Kier alpha value is -0.990. The molecular weight excluding hydrogens is 90.1 g/mol. The maximum absolute atomic E-state index is 3.81. The van der Waals surface area contributed by atoms with Gasteiger partial charge in [0, 0.05) is 6.20 Å². The quantitative estimate of drug-likeness (QED) is 0.557. The average Bonchev–Trinajstić information content (AvgIpc) is 2.14. The van der Waals surface area contributed by atoms with Crippen LogP contribution in [0.25, 0.3) is 5.32 Å². The second-order valence-corrected chi connectivity index (χ2v) is 1.17. The minimum Gasteiger partial charge on any atom is -0.468 e. The van der Waals surface area contributed by atoms with Gasteiger partial charge in [0.1, 0.15) is 0 Å². The van der Waals surface area contributed by atoms with Crippen molar-refractivity contribution in [2.24, 2.45) is 0 Å². The van der Waals surface area contributed by atoms with Crippen molar-refractivity contribution < 1.29 is 0 Å². The van der Waals surface area contributed by atoms with E-state index < -0.39 is 0 Å². The van der Waals surface area contributed by atoms with Gasteiger partial charge in [-0.2, -0.15) is 0 Å². The zero-order chi connectivity index (χ0) is 5.11. The molecule has 0 saturated carbocycles. The molecule has 1 rings (SSSR count). The van der Waals surface area contributed by atoms with Crippen molar-refractivity contribution in [1.82, 2.24) is 10.2 Å². The Balaban J connectivity index is 2.76. The zero-order valence-electron chi connectivity index (χ0n) is 4.05. The fourth-order valence-corrected chi connectivity index (χ4v) is 0.373. The van der Waals surface area contributed by atoms with E-state index in [-0.39, 0.29) is 0 Å². The van der Waals surface area contributed by atoms with Crippen molar-refractivity contribution >= 4 is 5.82 Å². The van der Waals surface area contributed by atoms with Crippen LogP contribution in [0.1, 0.15) is 0 Å². The molecule has 0 aliphatic heterocycles. The molecular formula is C4H6N3-. The van der Waals surface area contributed by atoms with E-state index in [9.17, 15) is 0 Å². The van der Waals surface area contributed by atoms with Gasteiger partial charge in [0.25, 0.3) is 0 Å². The first-order chi connectivity index (χ1) is 3.43. The Morgan fingerprint density at radius 3 is 3.00 bits per heavy atom. The van der Waals surface area contributed by atoms with Gasteiger partial charge in [-0.3, -0.25) is 5.10 Å². The molecule has 0 aliphatic carbocycles. The van der Waals surface area contributed by atoms with Gasteiger partial charge in [-0.05, 0) is 11.9 Å². The van der Waals surface area contributed by atoms with Crippen LogP contribution in [0.5, 0.6) is 0 Å². The topological polar surface area (TPSA) is 42.8 Å². The molecule has 3 nitrogen and oxygen atoms in total. The minimum absolute atomic E-state index is 0.819. The molecule has 0 amide bonds. The van der Waals surface area contributed by atoms with Gasteiger partial charge < -0.3 is 10.4 Å². The highest BCUT2D eigenvalue weighted by Crippen LogP contribution is 2.06. The number of nitrogens with zero attached hydrogens (tertiary/aromatic N) is 2. The number of H-pyrrole nitrogens is 1. The van der Waals surface area contributed by atoms with E-state index in [1.54, 1.807) is 19.3 Å². The predicted molar refractivity (Wildman–Crippen MR) is 27.5 cm³/mol. The third-order valence-electron chi connectivity index (χ3n) is 0.727. The molecule has 1 N–H and O–H groups in total. The molecule has 0 bridgehead atoms. The summed E-state index contributed by atoms with van der Waals surface area (Å²) in [5.41, 5.74) is 0. The van der Waals surface area contributed by atoms with E-state index in [0.717, 1.165) is 5.82 Å². The maximum Gasteiger partial charge on any atom is 0.0256 e. The largest absolute Gasteiger partial charge is 0.468 e. The van der Waals surface area contributed by atoms with Crippen molar-refractivity contribution in [3.05, 3.63) is 17.6 Å². The van der Waals surface area contributed by atoms with Gasteiger partial charge in [0.15, 0.2) is 0 Å². The highest BCUT2D eigenvalue weighted by atomic mass is 15.2. The van der Waals surface area contributed by atoms with E-state index in [0.29, 0.717) is 0 Å². The zero-order valence-corrected chi connectivity index (χ0v) is 4.05. The van der Waals surface area contributed by atoms with Crippen molar-refractivity contribution in [3.8, 4) is 0 Å². The predicted octanol–water partition coefficient (Wildman–Crippen LogP) is 1.04. The third-order valence-corrected chi connectivity index (χ3v) is 0.727. The normalized spacial score (nSPS) is 8.71. The number of aromatic amines is 1. The first-order valence-corrected chi connectivity index (χ1v) is 2.02. The van der Waals surface area contributed by atoms with Gasteiger partial charge in [-0.1, -0.05) is 7.05 Å². The summed E-state index contributed by atoms with van der Waals surface area (Å²) in [5, 5.41) is 10.2. The first-order valence-electron chi connectivity index (χ1n) is 2.02. The number of aromatic nitrogens is 2. The van der Waals surface area contributed by atoms with Gasteiger partial charge in [-0.25, -0.2) is 0 Å². The van der Waals surface area contributed by atoms with E-state index >= 15 is 0 Å². The monoisotopic (exact) mass is 96.1 g/mol. The van der Waals surface area contributed by atoms with Crippen LogP contribution in [-0.4, -0.2) is 17.2 Å². The van der Waals surface area contributed by atoms with Crippen LogP contribution in [0.2, 0.25) is 0 Å². The summed E-state index contributed by atoms with van der Waals surface area (Å²) in [7, 11) is 1.72. The van der Waals surface area contributed by atoms with Gasteiger partial charge >= 0.3 is 0 Å². The Labute approximate surface area is 41.7 Å². The van der Waals surface area contributed by atoms with Crippen LogP contribution in [0.3, 0.4) is 0 Å². The van der Waals surface area contributed by atoms with Crippen LogP contribution in [0, 0.1) is 0 Å². The number of rotatable bonds is 1. The fraction of sp³-hybridized carbons (Fsp3) is 0.250. The Morgan fingerprint density at radius 1 is 1.86 bits per heavy atom. The SMILES string of the molecule is C[N-]c1ccn[nH]1.